The van der Waals surface area contributed by atoms with E-state index in [9.17, 15) is 4.79 Å². The highest BCUT2D eigenvalue weighted by Crippen LogP contribution is 2.07. The maximum Gasteiger partial charge on any atom is 0.216 e. The van der Waals surface area contributed by atoms with Crippen LogP contribution in [0.25, 0.3) is 0 Å². The molecular weight excluding hydrogens is 238 g/mol. The number of aromatic nitrogens is 2. The monoisotopic (exact) mass is 257 g/mol. The van der Waals surface area contributed by atoms with Crippen LogP contribution >= 0.6 is 0 Å². The van der Waals surface area contributed by atoms with Gasteiger partial charge in [-0.2, -0.15) is 0 Å². The highest BCUT2D eigenvalue weighted by molar-refractivity contribution is 5.72. The van der Waals surface area contributed by atoms with Crippen molar-refractivity contribution in [2.45, 2.75) is 26.8 Å². The maximum absolute atomic E-state index is 10.8. The van der Waals surface area contributed by atoms with E-state index in [0.29, 0.717) is 6.54 Å². The number of imidazole rings is 1. The van der Waals surface area contributed by atoms with Crippen LogP contribution in [-0.2, 0) is 17.8 Å². The second kappa shape index (κ2) is 6.18. The Balaban J connectivity index is 1.99. The lowest BCUT2D eigenvalue weighted by atomic mass is 10.1. The van der Waals surface area contributed by atoms with Gasteiger partial charge in [0, 0.05) is 38.8 Å². The van der Waals surface area contributed by atoms with Crippen molar-refractivity contribution in [2.24, 2.45) is 0 Å². The van der Waals surface area contributed by atoms with Crippen molar-refractivity contribution in [1.82, 2.24) is 14.9 Å². The van der Waals surface area contributed by atoms with Gasteiger partial charge in [-0.1, -0.05) is 29.8 Å². The van der Waals surface area contributed by atoms with E-state index in [2.05, 4.69) is 46.1 Å². The zero-order chi connectivity index (χ0) is 13.7. The number of benzene rings is 1. The summed E-state index contributed by atoms with van der Waals surface area (Å²) in [6.45, 7) is 5.05. The lowest BCUT2D eigenvalue weighted by molar-refractivity contribution is -0.118. The average molecular weight is 257 g/mol. The highest BCUT2D eigenvalue weighted by atomic mass is 16.1. The van der Waals surface area contributed by atoms with E-state index in [1.165, 1.54) is 18.1 Å². The summed E-state index contributed by atoms with van der Waals surface area (Å²) in [5.41, 5.74) is 2.52. The minimum atomic E-state index is -0.00311. The molecule has 0 saturated heterocycles. The number of nitrogens with one attached hydrogen (secondary N) is 1. The lowest BCUT2D eigenvalue weighted by Crippen LogP contribution is -2.23. The minimum Gasteiger partial charge on any atom is -0.356 e. The number of carbonyl (C=O) groups is 1. The summed E-state index contributed by atoms with van der Waals surface area (Å²) in [6, 6.07) is 8.49. The Bertz CT molecular complexity index is 543. The topological polar surface area (TPSA) is 46.9 Å². The summed E-state index contributed by atoms with van der Waals surface area (Å²) in [6.07, 6.45) is 4.53. The molecule has 4 heteroatoms. The van der Waals surface area contributed by atoms with Gasteiger partial charge in [0.15, 0.2) is 0 Å². The largest absolute Gasteiger partial charge is 0.356 e. The molecule has 2 rings (SSSR count). The fourth-order valence-electron chi connectivity index (χ4n) is 1.95. The quantitative estimate of drug-likeness (QED) is 0.889. The summed E-state index contributed by atoms with van der Waals surface area (Å²) < 4.78 is 2.12. The number of nitrogens with zero attached hydrogens (tertiary/aromatic N) is 2. The van der Waals surface area contributed by atoms with E-state index in [1.807, 2.05) is 6.20 Å². The second-order valence-corrected chi connectivity index (χ2v) is 4.69. The third-order valence-electron chi connectivity index (χ3n) is 3.00. The molecule has 0 spiro atoms. The molecule has 1 aromatic carbocycles. The zero-order valence-corrected chi connectivity index (χ0v) is 11.4. The van der Waals surface area contributed by atoms with E-state index in [1.54, 1.807) is 6.20 Å². The van der Waals surface area contributed by atoms with Gasteiger partial charge in [0.25, 0.3) is 0 Å². The van der Waals surface area contributed by atoms with Crippen molar-refractivity contribution in [2.75, 3.05) is 6.54 Å². The first-order valence-electron chi connectivity index (χ1n) is 6.45. The van der Waals surface area contributed by atoms with Crippen molar-refractivity contribution < 1.29 is 4.79 Å². The molecule has 4 nitrogen and oxygen atoms in total. The molecule has 0 atom stereocenters. The first-order chi connectivity index (χ1) is 9.15. The fourth-order valence-corrected chi connectivity index (χ4v) is 1.95. The van der Waals surface area contributed by atoms with Gasteiger partial charge < -0.3 is 9.88 Å². The summed E-state index contributed by atoms with van der Waals surface area (Å²) >= 11 is 0. The van der Waals surface area contributed by atoms with E-state index >= 15 is 0 Å². The molecule has 0 unspecified atom stereocenters. The Morgan fingerprint density at radius 2 is 2.05 bits per heavy atom. The van der Waals surface area contributed by atoms with Gasteiger partial charge in [-0.05, 0) is 12.5 Å². The third kappa shape index (κ3) is 3.95. The van der Waals surface area contributed by atoms with E-state index < -0.39 is 0 Å². The lowest BCUT2D eigenvalue weighted by Gasteiger charge is -2.08. The molecule has 1 heterocycles. The van der Waals surface area contributed by atoms with Crippen LogP contribution in [0.5, 0.6) is 0 Å². The highest BCUT2D eigenvalue weighted by Gasteiger charge is 2.03. The molecule has 0 fully saturated rings. The Labute approximate surface area is 113 Å². The van der Waals surface area contributed by atoms with Crippen LogP contribution < -0.4 is 5.32 Å². The van der Waals surface area contributed by atoms with Crippen molar-refractivity contribution in [1.29, 1.82) is 0 Å². The van der Waals surface area contributed by atoms with Gasteiger partial charge in [0.05, 0.1) is 0 Å². The molecule has 1 amide bonds. The van der Waals surface area contributed by atoms with E-state index in [-0.39, 0.29) is 5.91 Å². The molecule has 100 valence electrons. The van der Waals surface area contributed by atoms with Crippen molar-refractivity contribution in [3.05, 3.63) is 53.6 Å². The zero-order valence-electron chi connectivity index (χ0n) is 11.4. The first-order valence-corrected chi connectivity index (χ1v) is 6.45. The van der Waals surface area contributed by atoms with Gasteiger partial charge in [0.1, 0.15) is 5.82 Å². The molecule has 0 aliphatic heterocycles. The van der Waals surface area contributed by atoms with Crippen molar-refractivity contribution in [3.63, 3.8) is 0 Å². The Morgan fingerprint density at radius 3 is 2.74 bits per heavy atom. The van der Waals surface area contributed by atoms with Crippen LogP contribution in [0.4, 0.5) is 0 Å². The van der Waals surface area contributed by atoms with Crippen LogP contribution in [0.15, 0.2) is 36.7 Å². The van der Waals surface area contributed by atoms with Gasteiger partial charge in [-0.15, -0.1) is 0 Å². The van der Waals surface area contributed by atoms with Gasteiger partial charge in [0.2, 0.25) is 5.91 Å². The normalized spacial score (nSPS) is 10.4. The summed E-state index contributed by atoms with van der Waals surface area (Å²) in [5.74, 6) is 0.992. The van der Waals surface area contributed by atoms with Gasteiger partial charge in [-0.3, -0.25) is 4.79 Å². The van der Waals surface area contributed by atoms with Gasteiger partial charge >= 0.3 is 0 Å². The van der Waals surface area contributed by atoms with Crippen LogP contribution in [0.2, 0.25) is 0 Å². The molecule has 1 N–H and O–H groups in total. The van der Waals surface area contributed by atoms with Crippen molar-refractivity contribution in [3.8, 4) is 0 Å². The number of carbonyl (C=O) groups excluding carboxylic acids is 1. The predicted octanol–water partition coefficient (Wildman–Crippen LogP) is 1.92. The molecule has 0 saturated carbocycles. The average Bonchev–Trinajstić information content (AvgIpc) is 2.79. The van der Waals surface area contributed by atoms with Crippen LogP contribution in [0, 0.1) is 6.92 Å². The second-order valence-electron chi connectivity index (χ2n) is 4.69. The maximum atomic E-state index is 10.8. The molecule has 0 bridgehead atoms. The number of amides is 1. The Morgan fingerprint density at radius 1 is 1.32 bits per heavy atom. The molecule has 0 radical (unpaired) electrons. The number of aryl methyl sites for hydroxylation is 1. The molecule has 0 aliphatic rings. The summed E-state index contributed by atoms with van der Waals surface area (Å²) in [5, 5.41) is 2.79. The fraction of sp³-hybridized carbons (Fsp3) is 0.333. The van der Waals surface area contributed by atoms with Crippen LogP contribution in [0.3, 0.4) is 0 Å². The van der Waals surface area contributed by atoms with Crippen LogP contribution in [0.1, 0.15) is 23.9 Å². The van der Waals surface area contributed by atoms with Gasteiger partial charge in [-0.25, -0.2) is 4.98 Å². The standard InChI is InChI=1S/C15H19N3O/c1-12-3-5-14(6-4-12)11-18-10-9-17-15(18)7-8-16-13(2)19/h3-6,9-10H,7-8,11H2,1-2H3,(H,16,19). The predicted molar refractivity (Wildman–Crippen MR) is 74.9 cm³/mol. The Kier molecular flexibility index (Phi) is 4.34. The molecular formula is C15H19N3O. The summed E-state index contributed by atoms with van der Waals surface area (Å²) in [7, 11) is 0. The minimum absolute atomic E-state index is 0.00311. The number of rotatable bonds is 5. The molecule has 0 aliphatic carbocycles. The third-order valence-corrected chi connectivity index (χ3v) is 3.00. The smallest absolute Gasteiger partial charge is 0.216 e. The summed E-state index contributed by atoms with van der Waals surface area (Å²) in [4.78, 5) is 15.2. The van der Waals surface area contributed by atoms with E-state index in [0.717, 1.165) is 18.8 Å². The van der Waals surface area contributed by atoms with Crippen LogP contribution in [-0.4, -0.2) is 22.0 Å². The van der Waals surface area contributed by atoms with Crippen molar-refractivity contribution >= 4 is 5.91 Å². The number of hydrogen-bond acceptors (Lipinski definition) is 2. The molecule has 2 aromatic rings. The molecule has 1 aromatic heterocycles. The number of hydrogen-bond donors (Lipinski definition) is 1. The Hall–Kier alpha value is -2.10. The first kappa shape index (κ1) is 13.3. The van der Waals surface area contributed by atoms with E-state index in [4.69, 9.17) is 0 Å². The molecule has 19 heavy (non-hydrogen) atoms. The SMILES string of the molecule is CC(=O)NCCc1nccn1Cc1ccc(C)cc1.